The molecule has 0 bridgehead atoms. The van der Waals surface area contributed by atoms with Gasteiger partial charge < -0.3 is 10.5 Å². The van der Waals surface area contributed by atoms with Gasteiger partial charge in [0.05, 0.1) is 7.11 Å². The highest BCUT2D eigenvalue weighted by molar-refractivity contribution is 5.30. The third-order valence-corrected chi connectivity index (χ3v) is 3.35. The van der Waals surface area contributed by atoms with E-state index in [0.717, 1.165) is 19.3 Å². The lowest BCUT2D eigenvalue weighted by Crippen LogP contribution is -2.16. The predicted molar refractivity (Wildman–Crippen MR) is 68.6 cm³/mol. The molecule has 1 atom stereocenters. The molecule has 3 heteroatoms. The molecule has 0 aliphatic rings. The van der Waals surface area contributed by atoms with Crippen molar-refractivity contribution in [2.24, 2.45) is 11.7 Å². The van der Waals surface area contributed by atoms with Crippen molar-refractivity contribution < 1.29 is 9.13 Å². The van der Waals surface area contributed by atoms with Gasteiger partial charge in [-0.15, -0.1) is 0 Å². The first kappa shape index (κ1) is 14.0. The second-order valence-electron chi connectivity index (χ2n) is 4.41. The van der Waals surface area contributed by atoms with E-state index >= 15 is 0 Å². The van der Waals surface area contributed by atoms with Gasteiger partial charge in [-0.05, 0) is 18.4 Å². The first-order chi connectivity index (χ1) is 8.12. The normalized spacial score (nSPS) is 12.8. The fourth-order valence-corrected chi connectivity index (χ4v) is 2.04. The van der Waals surface area contributed by atoms with Crippen molar-refractivity contribution in [1.82, 2.24) is 0 Å². The minimum atomic E-state index is -0.275. The first-order valence-corrected chi connectivity index (χ1v) is 6.21. The number of nitrogens with two attached hydrogens (primary N) is 1. The van der Waals surface area contributed by atoms with Crippen LogP contribution in [0.2, 0.25) is 0 Å². The van der Waals surface area contributed by atoms with Gasteiger partial charge in [0.2, 0.25) is 0 Å². The van der Waals surface area contributed by atoms with Gasteiger partial charge in [0.15, 0.2) is 0 Å². The number of hydrogen-bond acceptors (Lipinski definition) is 2. The van der Waals surface area contributed by atoms with Gasteiger partial charge in [0, 0.05) is 17.7 Å². The van der Waals surface area contributed by atoms with E-state index < -0.39 is 0 Å². The Balaban J connectivity index is 2.78. The molecular formula is C14H22FNO. The third kappa shape index (κ3) is 3.70. The van der Waals surface area contributed by atoms with Crippen LogP contribution in [-0.4, -0.2) is 7.11 Å². The summed E-state index contributed by atoms with van der Waals surface area (Å²) in [4.78, 5) is 0. The summed E-state index contributed by atoms with van der Waals surface area (Å²) in [6.45, 7) is 4.29. The van der Waals surface area contributed by atoms with Crippen LogP contribution in [0.3, 0.4) is 0 Å². The van der Waals surface area contributed by atoms with Gasteiger partial charge in [0.1, 0.15) is 11.6 Å². The molecular weight excluding hydrogens is 217 g/mol. The van der Waals surface area contributed by atoms with E-state index in [0.29, 0.717) is 17.2 Å². The summed E-state index contributed by atoms with van der Waals surface area (Å²) in [5.41, 5.74) is 6.64. The molecule has 1 aromatic rings. The monoisotopic (exact) mass is 239 g/mol. The second-order valence-corrected chi connectivity index (χ2v) is 4.41. The summed E-state index contributed by atoms with van der Waals surface area (Å²) in [6.07, 6.45) is 3.00. The third-order valence-electron chi connectivity index (χ3n) is 3.35. The average molecular weight is 239 g/mol. The molecule has 1 unspecified atom stereocenters. The van der Waals surface area contributed by atoms with Crippen molar-refractivity contribution in [3.8, 4) is 5.75 Å². The maximum Gasteiger partial charge on any atom is 0.131 e. The van der Waals surface area contributed by atoms with Crippen LogP contribution in [0.25, 0.3) is 0 Å². The molecule has 2 nitrogen and oxygen atoms in total. The van der Waals surface area contributed by atoms with Crippen molar-refractivity contribution >= 4 is 0 Å². The largest absolute Gasteiger partial charge is 0.497 e. The molecule has 1 aromatic carbocycles. The maximum absolute atomic E-state index is 13.8. The molecule has 0 heterocycles. The molecule has 0 saturated heterocycles. The molecule has 2 N–H and O–H groups in total. The maximum atomic E-state index is 13.8. The Bertz CT molecular complexity index is 350. The number of hydrogen-bond donors (Lipinski definition) is 1. The molecule has 0 spiro atoms. The summed E-state index contributed by atoms with van der Waals surface area (Å²) >= 11 is 0. The topological polar surface area (TPSA) is 35.2 Å². The van der Waals surface area contributed by atoms with Crippen LogP contribution >= 0.6 is 0 Å². The molecule has 0 aliphatic heterocycles. The zero-order valence-electron chi connectivity index (χ0n) is 10.9. The van der Waals surface area contributed by atoms with Crippen LogP contribution in [0.1, 0.15) is 44.7 Å². The molecule has 0 aliphatic carbocycles. The van der Waals surface area contributed by atoms with Crippen molar-refractivity contribution in [2.45, 2.75) is 39.2 Å². The highest BCUT2D eigenvalue weighted by atomic mass is 19.1. The lowest BCUT2D eigenvalue weighted by atomic mass is 9.91. The van der Waals surface area contributed by atoms with Gasteiger partial charge in [-0.3, -0.25) is 0 Å². The number of benzene rings is 1. The van der Waals surface area contributed by atoms with Crippen LogP contribution in [0, 0.1) is 11.7 Å². The number of ether oxygens (including phenoxy) is 1. The van der Waals surface area contributed by atoms with Gasteiger partial charge in [-0.1, -0.05) is 32.8 Å². The van der Waals surface area contributed by atoms with E-state index in [1.807, 2.05) is 0 Å². The van der Waals surface area contributed by atoms with Gasteiger partial charge in [0.25, 0.3) is 0 Å². The molecule has 1 rings (SSSR count). The summed E-state index contributed by atoms with van der Waals surface area (Å²) in [6, 6.07) is 4.64. The lowest BCUT2D eigenvalue weighted by molar-refractivity contribution is 0.399. The SMILES string of the molecule is CCC(CC)CC(N)c1ccc(OC)cc1F. The summed E-state index contributed by atoms with van der Waals surface area (Å²) in [5, 5.41) is 0. The smallest absolute Gasteiger partial charge is 0.131 e. The molecule has 0 amide bonds. The molecule has 96 valence electrons. The van der Waals surface area contributed by atoms with E-state index in [9.17, 15) is 4.39 Å². The van der Waals surface area contributed by atoms with Gasteiger partial charge >= 0.3 is 0 Å². The van der Waals surface area contributed by atoms with Crippen molar-refractivity contribution in [1.29, 1.82) is 0 Å². The van der Waals surface area contributed by atoms with Crippen molar-refractivity contribution in [2.75, 3.05) is 7.11 Å². The first-order valence-electron chi connectivity index (χ1n) is 6.21. The van der Waals surface area contributed by atoms with Crippen molar-refractivity contribution in [3.05, 3.63) is 29.6 Å². The highest BCUT2D eigenvalue weighted by Gasteiger charge is 2.16. The lowest BCUT2D eigenvalue weighted by Gasteiger charge is -2.19. The Labute approximate surface area is 103 Å². The number of halogens is 1. The molecule has 0 aromatic heterocycles. The zero-order valence-corrected chi connectivity index (χ0v) is 10.9. The van der Waals surface area contributed by atoms with Gasteiger partial charge in [-0.25, -0.2) is 4.39 Å². The fraction of sp³-hybridized carbons (Fsp3) is 0.571. The van der Waals surface area contributed by atoms with Crippen LogP contribution in [0.4, 0.5) is 4.39 Å². The molecule has 0 radical (unpaired) electrons. The Hall–Kier alpha value is -1.09. The molecule has 17 heavy (non-hydrogen) atoms. The molecule has 0 saturated carbocycles. The summed E-state index contributed by atoms with van der Waals surface area (Å²) in [7, 11) is 1.53. The van der Waals surface area contributed by atoms with E-state index in [-0.39, 0.29) is 11.9 Å². The van der Waals surface area contributed by atoms with Crippen LogP contribution in [0.5, 0.6) is 5.75 Å². The fourth-order valence-electron chi connectivity index (χ4n) is 2.04. The summed E-state index contributed by atoms with van der Waals surface area (Å²) in [5.74, 6) is 0.815. The Morgan fingerprint density at radius 1 is 1.29 bits per heavy atom. The number of methoxy groups -OCH3 is 1. The summed E-state index contributed by atoms with van der Waals surface area (Å²) < 4.78 is 18.8. The standard InChI is InChI=1S/C14H22FNO/c1-4-10(5-2)8-14(16)12-7-6-11(17-3)9-13(12)15/h6-7,9-10,14H,4-5,8,16H2,1-3H3. The van der Waals surface area contributed by atoms with E-state index in [2.05, 4.69) is 13.8 Å². The predicted octanol–water partition coefficient (Wildman–Crippen LogP) is 3.66. The minimum Gasteiger partial charge on any atom is -0.497 e. The van der Waals surface area contributed by atoms with E-state index in [4.69, 9.17) is 10.5 Å². The van der Waals surface area contributed by atoms with Gasteiger partial charge in [-0.2, -0.15) is 0 Å². The Morgan fingerprint density at radius 3 is 2.41 bits per heavy atom. The highest BCUT2D eigenvalue weighted by Crippen LogP contribution is 2.27. The number of rotatable bonds is 6. The van der Waals surface area contributed by atoms with Crippen LogP contribution in [0.15, 0.2) is 18.2 Å². The Kier molecular flexibility index (Phi) is 5.42. The van der Waals surface area contributed by atoms with E-state index in [1.54, 1.807) is 12.1 Å². The van der Waals surface area contributed by atoms with Crippen LogP contribution < -0.4 is 10.5 Å². The van der Waals surface area contributed by atoms with Crippen molar-refractivity contribution in [3.63, 3.8) is 0 Å². The Morgan fingerprint density at radius 2 is 1.94 bits per heavy atom. The van der Waals surface area contributed by atoms with Crippen LogP contribution in [-0.2, 0) is 0 Å². The quantitative estimate of drug-likeness (QED) is 0.822. The van der Waals surface area contributed by atoms with E-state index in [1.165, 1.54) is 13.2 Å². The zero-order chi connectivity index (χ0) is 12.8. The second kappa shape index (κ2) is 6.60. The average Bonchev–Trinajstić information content (AvgIpc) is 2.35. The minimum absolute atomic E-state index is 0.231. The molecule has 0 fully saturated rings.